The first-order chi connectivity index (χ1) is 14.8. The van der Waals surface area contributed by atoms with E-state index >= 15 is 0 Å². The van der Waals surface area contributed by atoms with Crippen LogP contribution >= 0.6 is 0 Å². The van der Waals surface area contributed by atoms with E-state index in [0.717, 1.165) is 48.1 Å². The lowest BCUT2D eigenvalue weighted by atomic mass is 9.94. The molecule has 0 unspecified atom stereocenters. The van der Waals surface area contributed by atoms with Crippen molar-refractivity contribution in [3.63, 3.8) is 0 Å². The van der Waals surface area contributed by atoms with Crippen LogP contribution in [-0.4, -0.2) is 12.6 Å². The molecule has 0 bridgehead atoms. The third-order valence-electron chi connectivity index (χ3n) is 5.44. The first-order valence-corrected chi connectivity index (χ1v) is 10.9. The molecule has 1 heterocycles. The number of rotatable bonds is 6. The van der Waals surface area contributed by atoms with Crippen molar-refractivity contribution >= 4 is 11.5 Å². The van der Waals surface area contributed by atoms with E-state index in [4.69, 9.17) is 4.74 Å². The first-order valence-electron chi connectivity index (χ1n) is 10.9. The molecule has 0 aliphatic heterocycles. The molecule has 0 saturated carbocycles. The normalized spacial score (nSPS) is 16.7. The van der Waals surface area contributed by atoms with E-state index in [2.05, 4.69) is 6.08 Å². The fraction of sp³-hybridized carbons (Fsp3) is 0.440. The fourth-order valence-electron chi connectivity index (χ4n) is 3.91. The molecule has 0 saturated heterocycles. The molecule has 1 aromatic heterocycles. The third-order valence-corrected chi connectivity index (χ3v) is 5.44. The van der Waals surface area contributed by atoms with Gasteiger partial charge >= 0.3 is 12.1 Å². The number of carbonyl (C=O) groups excluding carboxylic acids is 1. The molecule has 3 nitrogen and oxygen atoms in total. The number of esters is 1. The van der Waals surface area contributed by atoms with Crippen molar-refractivity contribution < 1.29 is 27.3 Å². The average molecular weight is 433 g/mol. The SMILES string of the molecule is CCOC(=O)Cc1cc(/C2=C/CCCCCC2)c[n+](Cc2ccc(C(F)(F)F)cc2)c1. The largest absolute Gasteiger partial charge is 0.466 e. The maximum atomic E-state index is 12.8. The molecule has 0 radical (unpaired) electrons. The molecule has 1 aliphatic carbocycles. The van der Waals surface area contributed by atoms with E-state index in [1.54, 1.807) is 6.92 Å². The number of carbonyl (C=O) groups is 1. The standard InChI is InChI=1S/C25H29F3NO2/c1-2-31-24(30)15-20-14-22(21-8-6-4-3-5-7-9-21)18-29(17-20)16-19-10-12-23(13-11-19)25(26,27)28/h8,10-14,17-18H,2-7,9,15-16H2,1H3/q+1/b21-8+. The van der Waals surface area contributed by atoms with E-state index in [1.165, 1.54) is 37.0 Å². The number of hydrogen-bond donors (Lipinski definition) is 0. The molecule has 0 atom stereocenters. The maximum absolute atomic E-state index is 12.8. The molecule has 1 aromatic carbocycles. The second-order valence-electron chi connectivity index (χ2n) is 7.96. The third kappa shape index (κ3) is 6.94. The van der Waals surface area contributed by atoms with Crippen molar-refractivity contribution in [2.75, 3.05) is 6.61 Å². The topological polar surface area (TPSA) is 30.2 Å². The predicted molar refractivity (Wildman–Crippen MR) is 113 cm³/mol. The number of hydrogen-bond acceptors (Lipinski definition) is 2. The van der Waals surface area contributed by atoms with E-state index in [1.807, 2.05) is 23.0 Å². The Labute approximate surface area is 181 Å². The van der Waals surface area contributed by atoms with Gasteiger partial charge in [-0.3, -0.25) is 4.79 Å². The molecule has 6 heteroatoms. The highest BCUT2D eigenvalue weighted by Gasteiger charge is 2.30. The lowest BCUT2D eigenvalue weighted by Crippen LogP contribution is -2.35. The number of pyridine rings is 1. The lowest BCUT2D eigenvalue weighted by molar-refractivity contribution is -0.688. The van der Waals surface area contributed by atoms with Crippen LogP contribution in [0.1, 0.15) is 67.7 Å². The number of ether oxygens (including phenoxy) is 1. The fourth-order valence-corrected chi connectivity index (χ4v) is 3.91. The van der Waals surface area contributed by atoms with Crippen molar-refractivity contribution in [3.05, 3.63) is 71.1 Å². The summed E-state index contributed by atoms with van der Waals surface area (Å²) in [4.78, 5) is 12.0. The van der Waals surface area contributed by atoms with E-state index < -0.39 is 11.7 Å². The van der Waals surface area contributed by atoms with Gasteiger partial charge < -0.3 is 4.74 Å². The summed E-state index contributed by atoms with van der Waals surface area (Å²) >= 11 is 0. The Kier molecular flexibility index (Phi) is 7.88. The van der Waals surface area contributed by atoms with Crippen LogP contribution < -0.4 is 4.57 Å². The molecule has 31 heavy (non-hydrogen) atoms. The highest BCUT2D eigenvalue weighted by atomic mass is 19.4. The molecule has 0 fully saturated rings. The summed E-state index contributed by atoms with van der Waals surface area (Å²) in [6, 6.07) is 7.26. The van der Waals surface area contributed by atoms with Gasteiger partial charge in [0, 0.05) is 16.7 Å². The van der Waals surface area contributed by atoms with Gasteiger partial charge in [0.1, 0.15) is 0 Å². The molecule has 0 spiro atoms. The quantitative estimate of drug-likeness (QED) is 0.421. The second-order valence-corrected chi connectivity index (χ2v) is 7.96. The smallest absolute Gasteiger partial charge is 0.416 e. The van der Waals surface area contributed by atoms with Crippen molar-refractivity contribution in [1.29, 1.82) is 0 Å². The van der Waals surface area contributed by atoms with Crippen LogP contribution in [0.15, 0.2) is 48.8 Å². The van der Waals surface area contributed by atoms with Crippen LogP contribution in [0.3, 0.4) is 0 Å². The van der Waals surface area contributed by atoms with Gasteiger partial charge in [-0.15, -0.1) is 0 Å². The predicted octanol–water partition coefficient (Wildman–Crippen LogP) is 5.88. The minimum absolute atomic E-state index is 0.169. The summed E-state index contributed by atoms with van der Waals surface area (Å²) in [7, 11) is 0. The number of nitrogens with zero attached hydrogens (tertiary/aromatic N) is 1. The number of aromatic nitrogens is 1. The molecule has 0 N–H and O–H groups in total. The maximum Gasteiger partial charge on any atom is 0.416 e. The summed E-state index contributed by atoms with van der Waals surface area (Å²) in [6.45, 7) is 2.53. The van der Waals surface area contributed by atoms with Gasteiger partial charge in [0.25, 0.3) is 0 Å². The van der Waals surface area contributed by atoms with Crippen LogP contribution in [0, 0.1) is 0 Å². The average Bonchev–Trinajstić information content (AvgIpc) is 2.67. The number of halogens is 3. The van der Waals surface area contributed by atoms with Gasteiger partial charge in [-0.05, 0) is 56.4 Å². The zero-order valence-corrected chi connectivity index (χ0v) is 17.9. The van der Waals surface area contributed by atoms with Crippen molar-refractivity contribution in [3.8, 4) is 0 Å². The second kappa shape index (κ2) is 10.6. The van der Waals surface area contributed by atoms with Gasteiger partial charge in [0.15, 0.2) is 18.9 Å². The molecular formula is C25H29F3NO2+. The van der Waals surface area contributed by atoms with Gasteiger partial charge in [0.05, 0.1) is 18.6 Å². The minimum atomic E-state index is -4.34. The van der Waals surface area contributed by atoms with Crippen molar-refractivity contribution in [2.45, 2.75) is 64.6 Å². The van der Waals surface area contributed by atoms with Gasteiger partial charge in [-0.25, -0.2) is 0 Å². The highest BCUT2D eigenvalue weighted by molar-refractivity contribution is 5.73. The zero-order valence-electron chi connectivity index (χ0n) is 17.9. The zero-order chi connectivity index (χ0) is 22.3. The van der Waals surface area contributed by atoms with Crippen LogP contribution in [-0.2, 0) is 28.7 Å². The highest BCUT2D eigenvalue weighted by Crippen LogP contribution is 2.29. The summed E-state index contributed by atoms with van der Waals surface area (Å²) in [5.74, 6) is -0.285. The van der Waals surface area contributed by atoms with Crippen LogP contribution in [0.25, 0.3) is 5.57 Å². The summed E-state index contributed by atoms with van der Waals surface area (Å²) in [6.07, 6.45) is 8.81. The molecule has 1 aliphatic rings. The van der Waals surface area contributed by atoms with Crippen molar-refractivity contribution in [2.24, 2.45) is 0 Å². The van der Waals surface area contributed by atoms with Crippen LogP contribution in [0.5, 0.6) is 0 Å². The Hall–Kier alpha value is -2.63. The Morgan fingerprint density at radius 3 is 2.48 bits per heavy atom. The van der Waals surface area contributed by atoms with E-state index in [-0.39, 0.29) is 12.4 Å². The minimum Gasteiger partial charge on any atom is -0.466 e. The monoisotopic (exact) mass is 432 g/mol. The van der Waals surface area contributed by atoms with Crippen LogP contribution in [0.2, 0.25) is 0 Å². The van der Waals surface area contributed by atoms with Crippen molar-refractivity contribution in [1.82, 2.24) is 0 Å². The Bertz CT molecular complexity index is 917. The van der Waals surface area contributed by atoms with Gasteiger partial charge in [0.2, 0.25) is 0 Å². The summed E-state index contributed by atoms with van der Waals surface area (Å²) in [5.41, 5.74) is 3.29. The molecule has 0 amide bonds. The first kappa shape index (κ1) is 23.0. The van der Waals surface area contributed by atoms with E-state index in [9.17, 15) is 18.0 Å². The summed E-state index contributed by atoms with van der Waals surface area (Å²) < 4.78 is 45.6. The van der Waals surface area contributed by atoms with E-state index in [0.29, 0.717) is 13.2 Å². The number of alkyl halides is 3. The number of allylic oxidation sites excluding steroid dienone is 2. The Morgan fingerprint density at radius 1 is 1.03 bits per heavy atom. The summed E-state index contributed by atoms with van der Waals surface area (Å²) in [5, 5.41) is 0. The Balaban J connectivity index is 1.89. The van der Waals surface area contributed by atoms with Gasteiger partial charge in [-0.1, -0.05) is 31.1 Å². The Morgan fingerprint density at radius 2 is 1.77 bits per heavy atom. The molecular weight excluding hydrogens is 403 g/mol. The number of benzene rings is 1. The van der Waals surface area contributed by atoms with Crippen LogP contribution in [0.4, 0.5) is 13.2 Å². The van der Waals surface area contributed by atoms with Gasteiger partial charge in [-0.2, -0.15) is 17.7 Å². The molecule has 166 valence electrons. The molecule has 2 aromatic rings. The molecule has 3 rings (SSSR count). The lowest BCUT2D eigenvalue weighted by Gasteiger charge is -2.12.